The van der Waals surface area contributed by atoms with E-state index in [1.165, 1.54) is 11.8 Å². The second kappa shape index (κ2) is 7.80. The molecule has 11 heteroatoms. The summed E-state index contributed by atoms with van der Waals surface area (Å²) in [5, 5.41) is 12.4. The average molecular weight is 431 g/mol. The number of aliphatic imine (C=N–C) groups is 1. The van der Waals surface area contributed by atoms with Gasteiger partial charge in [-0.05, 0) is 24.3 Å². The summed E-state index contributed by atoms with van der Waals surface area (Å²) < 4.78 is 39.2. The number of thioether (sulfide) groups is 1. The fourth-order valence-corrected chi connectivity index (χ4v) is 3.66. The van der Waals surface area contributed by atoms with E-state index in [4.69, 9.17) is 16.8 Å². The molecule has 28 heavy (non-hydrogen) atoms. The Hall–Kier alpha value is -2.59. The SMILES string of the molecule is O=C(Nc1ccc([N+](=O)O)c(C(F)(F)F)c1)C1CSC(c2ccc(Cl)cc2)=N1. The average Bonchev–Trinajstić information content (AvgIpc) is 3.11. The number of halogens is 4. The van der Waals surface area contributed by atoms with Gasteiger partial charge in [0.15, 0.2) is 0 Å². The van der Waals surface area contributed by atoms with Gasteiger partial charge in [0.2, 0.25) is 5.91 Å². The van der Waals surface area contributed by atoms with E-state index in [0.29, 0.717) is 21.9 Å². The first-order chi connectivity index (χ1) is 13.1. The van der Waals surface area contributed by atoms with Crippen LogP contribution in [-0.2, 0) is 11.0 Å². The zero-order valence-electron chi connectivity index (χ0n) is 13.9. The number of anilines is 1. The number of rotatable bonds is 4. The number of hydrogen-bond donors (Lipinski definition) is 2. The molecule has 2 aromatic carbocycles. The second-order valence-corrected chi connectivity index (χ2v) is 7.20. The minimum Gasteiger partial charge on any atom is -0.324 e. The van der Waals surface area contributed by atoms with Crippen molar-refractivity contribution in [1.29, 1.82) is 0 Å². The fourth-order valence-electron chi connectivity index (χ4n) is 2.49. The normalized spacial score (nSPS) is 16.6. The molecular weight excluding hydrogens is 419 g/mol. The van der Waals surface area contributed by atoms with E-state index in [0.717, 1.165) is 17.7 Å². The lowest BCUT2D eigenvalue weighted by Crippen LogP contribution is -2.26. The smallest absolute Gasteiger partial charge is 0.324 e. The molecule has 0 radical (unpaired) electrons. The number of carbonyl (C=O) groups excluding carboxylic acids is 1. The molecule has 1 atom stereocenters. The van der Waals surface area contributed by atoms with E-state index >= 15 is 0 Å². The van der Waals surface area contributed by atoms with Crippen LogP contribution in [0.5, 0.6) is 0 Å². The monoisotopic (exact) mass is 430 g/mol. The maximum absolute atomic E-state index is 13.1. The van der Waals surface area contributed by atoms with Crippen LogP contribution in [0, 0.1) is 4.91 Å². The summed E-state index contributed by atoms with van der Waals surface area (Å²) >= 11 is 7.18. The summed E-state index contributed by atoms with van der Waals surface area (Å²) in [5.41, 5.74) is -1.71. The van der Waals surface area contributed by atoms with Gasteiger partial charge in [-0.2, -0.15) is 13.2 Å². The van der Waals surface area contributed by atoms with Crippen LogP contribution in [0.25, 0.3) is 0 Å². The van der Waals surface area contributed by atoms with Gasteiger partial charge >= 0.3 is 11.9 Å². The summed E-state index contributed by atoms with van der Waals surface area (Å²) in [6.45, 7) is 0. The highest BCUT2D eigenvalue weighted by Crippen LogP contribution is 2.37. The predicted octanol–water partition coefficient (Wildman–Crippen LogP) is 4.66. The maximum Gasteiger partial charge on any atom is 0.423 e. The van der Waals surface area contributed by atoms with Gasteiger partial charge in [-0.1, -0.05) is 23.7 Å². The number of alkyl halides is 3. The van der Waals surface area contributed by atoms with Gasteiger partial charge in [0.05, 0.1) is 9.95 Å². The van der Waals surface area contributed by atoms with E-state index in [1.54, 1.807) is 24.3 Å². The third-order valence-corrected chi connectivity index (χ3v) is 5.17. The molecule has 1 heterocycles. The van der Waals surface area contributed by atoms with Crippen molar-refractivity contribution < 1.29 is 28.1 Å². The molecule has 0 aromatic heterocycles. The van der Waals surface area contributed by atoms with E-state index in [9.17, 15) is 22.9 Å². The van der Waals surface area contributed by atoms with Crippen LogP contribution in [0.3, 0.4) is 0 Å². The first-order valence-corrected chi connectivity index (χ1v) is 9.16. The molecule has 1 unspecified atom stereocenters. The minimum absolute atomic E-state index is 0.164. The highest BCUT2D eigenvalue weighted by Gasteiger charge is 2.40. The molecular formula is C17H12ClF3N3O3S+. The number of amides is 1. The summed E-state index contributed by atoms with van der Waals surface area (Å²) in [5.74, 6) is -0.251. The van der Waals surface area contributed by atoms with Gasteiger partial charge in [-0.15, -0.1) is 11.8 Å². The molecule has 0 aliphatic carbocycles. The van der Waals surface area contributed by atoms with Crippen LogP contribution in [0.1, 0.15) is 11.1 Å². The molecule has 1 aliphatic rings. The van der Waals surface area contributed by atoms with Crippen molar-refractivity contribution in [2.75, 3.05) is 11.1 Å². The molecule has 0 saturated heterocycles. The maximum atomic E-state index is 13.1. The van der Waals surface area contributed by atoms with Crippen LogP contribution < -0.4 is 5.32 Å². The molecule has 0 saturated carbocycles. The van der Waals surface area contributed by atoms with E-state index in [1.807, 2.05) is 0 Å². The van der Waals surface area contributed by atoms with E-state index < -0.39 is 34.3 Å². The Balaban J connectivity index is 1.78. The Morgan fingerprint density at radius 1 is 1.25 bits per heavy atom. The Morgan fingerprint density at radius 2 is 1.93 bits per heavy atom. The summed E-state index contributed by atoms with van der Waals surface area (Å²) in [6.07, 6.45) is -4.88. The first kappa shape index (κ1) is 20.2. The van der Waals surface area contributed by atoms with Crippen LogP contribution >= 0.6 is 23.4 Å². The number of benzene rings is 2. The van der Waals surface area contributed by atoms with Gasteiger partial charge in [-0.25, -0.2) is 5.21 Å². The van der Waals surface area contributed by atoms with Crippen LogP contribution in [0.2, 0.25) is 5.02 Å². The summed E-state index contributed by atoms with van der Waals surface area (Å²) in [7, 11) is 0. The zero-order valence-corrected chi connectivity index (χ0v) is 15.5. The van der Waals surface area contributed by atoms with Crippen LogP contribution in [-0.4, -0.2) is 32.9 Å². The molecule has 3 rings (SSSR count). The minimum atomic E-state index is -4.88. The van der Waals surface area contributed by atoms with Crippen LogP contribution in [0.15, 0.2) is 47.5 Å². The topological polar surface area (TPSA) is 81.8 Å². The Labute approximate surface area is 165 Å². The lowest BCUT2D eigenvalue weighted by Gasteiger charge is -2.11. The molecule has 2 aromatic rings. The van der Waals surface area contributed by atoms with Crippen molar-refractivity contribution in [2.24, 2.45) is 4.99 Å². The lowest BCUT2D eigenvalue weighted by molar-refractivity contribution is -0.730. The van der Waals surface area contributed by atoms with Gasteiger partial charge in [0.25, 0.3) is 4.92 Å². The van der Waals surface area contributed by atoms with Crippen molar-refractivity contribution in [3.63, 3.8) is 0 Å². The van der Waals surface area contributed by atoms with E-state index in [-0.39, 0.29) is 5.69 Å². The largest absolute Gasteiger partial charge is 0.423 e. The number of nitrogens with zero attached hydrogens (tertiary/aromatic N) is 2. The summed E-state index contributed by atoms with van der Waals surface area (Å²) in [6, 6.07) is 8.56. The molecule has 0 spiro atoms. The number of hydrogen-bond acceptors (Lipinski definition) is 4. The van der Waals surface area contributed by atoms with Gasteiger partial charge < -0.3 is 5.32 Å². The Kier molecular flexibility index (Phi) is 5.61. The Bertz CT molecular complexity index is 964. The van der Waals surface area contributed by atoms with Crippen LogP contribution in [0.4, 0.5) is 24.5 Å². The van der Waals surface area contributed by atoms with Crippen molar-refractivity contribution in [1.82, 2.24) is 0 Å². The number of nitrogens with one attached hydrogen (secondary N) is 1. The second-order valence-electron chi connectivity index (χ2n) is 5.76. The fraction of sp³-hybridized carbons (Fsp3) is 0.176. The zero-order chi connectivity index (χ0) is 20.5. The van der Waals surface area contributed by atoms with Crippen molar-refractivity contribution in [2.45, 2.75) is 12.2 Å². The molecule has 2 N–H and O–H groups in total. The first-order valence-electron chi connectivity index (χ1n) is 7.80. The quantitative estimate of drug-likeness (QED) is 0.691. The van der Waals surface area contributed by atoms with Crippen molar-refractivity contribution in [3.05, 3.63) is 63.5 Å². The lowest BCUT2D eigenvalue weighted by atomic mass is 10.1. The van der Waals surface area contributed by atoms with Gasteiger partial charge in [-0.3, -0.25) is 9.79 Å². The third-order valence-electron chi connectivity index (χ3n) is 3.82. The van der Waals surface area contributed by atoms with Gasteiger partial charge in [0.1, 0.15) is 11.6 Å². The van der Waals surface area contributed by atoms with Gasteiger partial charge in [0, 0.05) is 28.1 Å². The van der Waals surface area contributed by atoms with Crippen molar-refractivity contribution in [3.8, 4) is 0 Å². The molecule has 0 fully saturated rings. The molecule has 146 valence electrons. The Morgan fingerprint density at radius 3 is 2.54 bits per heavy atom. The predicted molar refractivity (Wildman–Crippen MR) is 99.4 cm³/mol. The summed E-state index contributed by atoms with van der Waals surface area (Å²) in [4.78, 5) is 26.7. The third kappa shape index (κ3) is 4.45. The van der Waals surface area contributed by atoms with E-state index in [2.05, 4.69) is 10.3 Å². The van der Waals surface area contributed by atoms with Crippen molar-refractivity contribution >= 4 is 45.7 Å². The molecule has 1 aliphatic heterocycles. The molecule has 1 amide bonds. The standard InChI is InChI=1S/C17H11ClF3N3O3S/c18-10-3-1-9(2-4-10)16-23-13(8-28-16)15(25)22-11-5-6-14(24(26)27)12(7-11)17(19,20)21/h1-7,13H,8H2,(H-,22,25,26,27)/p+1. The highest BCUT2D eigenvalue weighted by atomic mass is 35.5. The number of carbonyl (C=O) groups is 1. The highest BCUT2D eigenvalue weighted by molar-refractivity contribution is 8.14. The molecule has 0 bridgehead atoms. The molecule has 6 nitrogen and oxygen atoms in total.